The Balaban J connectivity index is 3.43. The Morgan fingerprint density at radius 1 is 1.44 bits per heavy atom. The summed E-state index contributed by atoms with van der Waals surface area (Å²) >= 11 is 3.10. The van der Waals surface area contributed by atoms with E-state index in [9.17, 15) is 8.78 Å². The number of halogens is 3. The lowest BCUT2D eigenvalue weighted by Gasteiger charge is -2.10. The molecule has 0 amide bonds. The van der Waals surface area contributed by atoms with E-state index in [0.29, 0.717) is 5.69 Å². The summed E-state index contributed by atoms with van der Waals surface area (Å²) in [6.07, 6.45) is -2.85. The summed E-state index contributed by atoms with van der Waals surface area (Å²) in [5.41, 5.74) is 0.165. The van der Waals surface area contributed by atoms with Gasteiger partial charge in [0.15, 0.2) is 0 Å². The minimum Gasteiger partial charge on any atom is -0.241 e. The van der Waals surface area contributed by atoms with E-state index in [2.05, 4.69) is 20.9 Å². The van der Waals surface area contributed by atoms with E-state index in [1.807, 2.05) is 6.07 Å². The Morgan fingerprint density at radius 2 is 2.12 bits per heavy atom. The van der Waals surface area contributed by atoms with Crippen molar-refractivity contribution in [1.82, 2.24) is 4.98 Å². The van der Waals surface area contributed by atoms with Crippen LogP contribution in [0, 0.1) is 22.7 Å². The van der Waals surface area contributed by atoms with Gasteiger partial charge in [-0.25, -0.2) is 13.8 Å². The minimum atomic E-state index is -2.71. The molecule has 0 N–H and O–H groups in total. The van der Waals surface area contributed by atoms with Crippen molar-refractivity contribution in [3.63, 3.8) is 0 Å². The van der Waals surface area contributed by atoms with Gasteiger partial charge in [0.25, 0.3) is 6.43 Å². The zero-order valence-corrected chi connectivity index (χ0v) is 9.63. The maximum atomic E-state index is 12.7. The maximum Gasteiger partial charge on any atom is 0.264 e. The largest absolute Gasteiger partial charge is 0.264 e. The van der Waals surface area contributed by atoms with Gasteiger partial charge >= 0.3 is 0 Å². The molecule has 16 heavy (non-hydrogen) atoms. The van der Waals surface area contributed by atoms with E-state index in [-0.39, 0.29) is 28.6 Å². The molecule has 0 radical (unpaired) electrons. The summed E-state index contributed by atoms with van der Waals surface area (Å²) in [4.78, 5) is 3.88. The summed E-state index contributed by atoms with van der Waals surface area (Å²) in [7, 11) is 0. The van der Waals surface area contributed by atoms with Gasteiger partial charge in [-0.3, -0.25) is 0 Å². The van der Waals surface area contributed by atoms with Crippen molar-refractivity contribution in [2.24, 2.45) is 0 Å². The molecule has 3 nitrogen and oxygen atoms in total. The van der Waals surface area contributed by atoms with E-state index < -0.39 is 6.43 Å². The zero-order valence-electron chi connectivity index (χ0n) is 8.04. The van der Waals surface area contributed by atoms with Crippen LogP contribution in [0.4, 0.5) is 8.78 Å². The van der Waals surface area contributed by atoms with Gasteiger partial charge < -0.3 is 0 Å². The molecule has 1 aromatic heterocycles. The fourth-order valence-electron chi connectivity index (χ4n) is 1.29. The third-order valence-corrected chi connectivity index (χ3v) is 2.51. The first-order valence-electron chi connectivity index (χ1n) is 4.27. The van der Waals surface area contributed by atoms with Gasteiger partial charge in [0.2, 0.25) is 0 Å². The molecule has 0 saturated carbocycles. The van der Waals surface area contributed by atoms with Crippen molar-refractivity contribution in [1.29, 1.82) is 10.5 Å². The molecule has 0 fully saturated rings. The van der Waals surface area contributed by atoms with Crippen molar-refractivity contribution < 1.29 is 8.78 Å². The van der Waals surface area contributed by atoms with Crippen LogP contribution in [0.5, 0.6) is 0 Å². The van der Waals surface area contributed by atoms with E-state index in [4.69, 9.17) is 10.5 Å². The van der Waals surface area contributed by atoms with Crippen LogP contribution in [-0.2, 0) is 11.8 Å². The van der Waals surface area contributed by atoms with Crippen LogP contribution in [0.25, 0.3) is 0 Å². The molecule has 0 spiro atoms. The molecule has 6 heteroatoms. The average Bonchev–Trinajstić information content (AvgIpc) is 2.29. The second-order valence-electron chi connectivity index (χ2n) is 2.90. The maximum absolute atomic E-state index is 12.7. The van der Waals surface area contributed by atoms with Crippen LogP contribution < -0.4 is 0 Å². The Kier molecular flexibility index (Phi) is 4.33. The highest BCUT2D eigenvalue weighted by molar-refractivity contribution is 9.08. The fourth-order valence-corrected chi connectivity index (χ4v) is 1.76. The fraction of sp³-hybridized carbons (Fsp3) is 0.300. The summed E-state index contributed by atoms with van der Waals surface area (Å²) in [6.45, 7) is 0. The van der Waals surface area contributed by atoms with E-state index in [1.54, 1.807) is 6.07 Å². The van der Waals surface area contributed by atoms with Gasteiger partial charge in [-0.2, -0.15) is 10.5 Å². The van der Waals surface area contributed by atoms with Crippen molar-refractivity contribution in [3.05, 3.63) is 28.6 Å². The first kappa shape index (κ1) is 12.5. The van der Waals surface area contributed by atoms with Gasteiger partial charge in [-0.05, 0) is 11.6 Å². The van der Waals surface area contributed by atoms with Crippen LogP contribution in [0.15, 0.2) is 6.07 Å². The molecular formula is C10H6BrF2N3. The summed E-state index contributed by atoms with van der Waals surface area (Å²) in [5, 5.41) is 17.5. The summed E-state index contributed by atoms with van der Waals surface area (Å²) in [6, 6.07) is 4.56. The van der Waals surface area contributed by atoms with Crippen LogP contribution >= 0.6 is 15.9 Å². The van der Waals surface area contributed by atoms with E-state index in [0.717, 1.165) is 6.07 Å². The van der Waals surface area contributed by atoms with Gasteiger partial charge in [-0.1, -0.05) is 15.9 Å². The number of rotatable bonds is 3. The molecule has 0 aliphatic carbocycles. The van der Waals surface area contributed by atoms with Crippen LogP contribution in [-0.4, -0.2) is 4.98 Å². The average molecular weight is 286 g/mol. The quantitative estimate of drug-likeness (QED) is 0.803. The monoisotopic (exact) mass is 285 g/mol. The van der Waals surface area contributed by atoms with Crippen molar-refractivity contribution >= 4 is 15.9 Å². The lowest BCUT2D eigenvalue weighted by atomic mass is 10.0. The molecule has 82 valence electrons. The summed E-state index contributed by atoms with van der Waals surface area (Å²) in [5.74, 6) is 0. The van der Waals surface area contributed by atoms with Gasteiger partial charge in [-0.15, -0.1) is 0 Å². The Morgan fingerprint density at radius 3 is 2.56 bits per heavy atom. The number of aromatic nitrogens is 1. The molecule has 0 saturated heterocycles. The highest BCUT2D eigenvalue weighted by Crippen LogP contribution is 2.27. The van der Waals surface area contributed by atoms with E-state index in [1.165, 1.54) is 0 Å². The predicted molar refractivity (Wildman–Crippen MR) is 55.9 cm³/mol. The third kappa shape index (κ3) is 2.53. The highest BCUT2D eigenvalue weighted by atomic mass is 79.9. The van der Waals surface area contributed by atoms with Crippen molar-refractivity contribution in [2.75, 3.05) is 0 Å². The second-order valence-corrected chi connectivity index (χ2v) is 3.46. The van der Waals surface area contributed by atoms with Crippen LogP contribution in [0.1, 0.15) is 28.9 Å². The molecule has 0 unspecified atom stereocenters. The minimum absolute atomic E-state index is 0.0635. The molecule has 0 bridgehead atoms. The number of pyridine rings is 1. The van der Waals surface area contributed by atoms with Gasteiger partial charge in [0, 0.05) is 10.9 Å². The van der Waals surface area contributed by atoms with Crippen molar-refractivity contribution in [3.8, 4) is 12.1 Å². The predicted octanol–water partition coefficient (Wildman–Crippen LogP) is 2.85. The molecule has 0 aliphatic heterocycles. The van der Waals surface area contributed by atoms with Gasteiger partial charge in [0.1, 0.15) is 11.8 Å². The van der Waals surface area contributed by atoms with Crippen LogP contribution in [0.2, 0.25) is 0 Å². The normalized spacial score (nSPS) is 9.88. The number of alkyl halides is 3. The van der Waals surface area contributed by atoms with E-state index >= 15 is 0 Å². The lowest BCUT2D eigenvalue weighted by Crippen LogP contribution is -2.04. The number of nitriles is 2. The lowest BCUT2D eigenvalue weighted by molar-refractivity contribution is 0.150. The molecule has 0 aromatic carbocycles. The highest BCUT2D eigenvalue weighted by Gasteiger charge is 2.18. The number of hydrogen-bond acceptors (Lipinski definition) is 3. The van der Waals surface area contributed by atoms with Crippen LogP contribution in [0.3, 0.4) is 0 Å². The molecule has 0 atom stereocenters. The molecule has 0 aliphatic rings. The zero-order chi connectivity index (χ0) is 12.1. The molecule has 1 rings (SSSR count). The number of hydrogen-bond donors (Lipinski definition) is 0. The first-order chi connectivity index (χ1) is 7.63. The number of nitrogens with zero attached hydrogens (tertiary/aromatic N) is 3. The van der Waals surface area contributed by atoms with Crippen molar-refractivity contribution in [2.45, 2.75) is 18.2 Å². The molecule has 1 aromatic rings. The Hall–Kier alpha value is -1.53. The SMILES string of the molecule is N#CCc1c(C(F)F)cc(C#N)nc1CBr. The molecule has 1 heterocycles. The smallest absolute Gasteiger partial charge is 0.241 e. The Labute approximate surface area is 99.5 Å². The standard InChI is InChI=1S/C10H6BrF2N3/c11-4-9-7(1-2-14)8(10(12)13)3-6(5-15)16-9/h3,10H,1,4H2. The third-order valence-electron chi connectivity index (χ3n) is 1.98. The first-order valence-corrected chi connectivity index (χ1v) is 5.40. The van der Waals surface area contributed by atoms with Gasteiger partial charge in [0.05, 0.1) is 18.2 Å². The topological polar surface area (TPSA) is 60.5 Å². The molecular weight excluding hydrogens is 280 g/mol. The second kappa shape index (κ2) is 5.53. The Bertz CT molecular complexity index is 474. The summed E-state index contributed by atoms with van der Waals surface area (Å²) < 4.78 is 25.4.